The molecule has 0 spiro atoms. The molecule has 1 fully saturated rings. The van der Waals surface area contributed by atoms with E-state index < -0.39 is 10.9 Å². The Morgan fingerprint density at radius 1 is 1.33 bits per heavy atom. The normalized spacial score (nSPS) is 15.5. The van der Waals surface area contributed by atoms with Crippen LogP contribution in [0.2, 0.25) is 0 Å². The molecule has 2 rings (SSSR count). The summed E-state index contributed by atoms with van der Waals surface area (Å²) in [5, 5.41) is 11.0. The molecule has 1 aromatic rings. The number of carbonyl (C=O) groups is 1. The average Bonchev–Trinajstić information content (AvgIpc) is 2.49. The Balaban J connectivity index is 2.32. The number of nitro groups is 1. The first-order valence-electron chi connectivity index (χ1n) is 6.76. The molecule has 114 valence electrons. The van der Waals surface area contributed by atoms with Crippen LogP contribution in [-0.4, -0.2) is 24.1 Å². The van der Waals surface area contributed by atoms with Crippen molar-refractivity contribution in [1.29, 1.82) is 0 Å². The van der Waals surface area contributed by atoms with Gasteiger partial charge >= 0.3 is 5.97 Å². The third-order valence-corrected chi connectivity index (χ3v) is 4.12. The number of benzene rings is 1. The molecule has 0 amide bonds. The van der Waals surface area contributed by atoms with Crippen molar-refractivity contribution in [3.05, 3.63) is 32.3 Å². The van der Waals surface area contributed by atoms with Crippen LogP contribution in [0.5, 0.6) is 5.75 Å². The Kier molecular flexibility index (Phi) is 5.17. The van der Waals surface area contributed by atoms with Gasteiger partial charge in [-0.05, 0) is 41.6 Å². The lowest BCUT2D eigenvalue weighted by molar-refractivity contribution is -0.385. The van der Waals surface area contributed by atoms with Crippen molar-refractivity contribution in [2.45, 2.75) is 38.2 Å². The zero-order chi connectivity index (χ0) is 15.4. The molecule has 0 aromatic heterocycles. The summed E-state index contributed by atoms with van der Waals surface area (Å²) in [7, 11) is 1.19. The van der Waals surface area contributed by atoms with Crippen molar-refractivity contribution in [3.63, 3.8) is 0 Å². The van der Waals surface area contributed by atoms with E-state index in [0.717, 1.165) is 25.7 Å². The van der Waals surface area contributed by atoms with Crippen LogP contribution in [0.1, 0.15) is 42.5 Å². The van der Waals surface area contributed by atoms with Crippen molar-refractivity contribution in [2.24, 2.45) is 0 Å². The molecular formula is C14H16BrNO5. The third-order valence-electron chi connectivity index (χ3n) is 3.50. The van der Waals surface area contributed by atoms with Gasteiger partial charge in [-0.25, -0.2) is 4.79 Å². The van der Waals surface area contributed by atoms with Gasteiger partial charge in [0.1, 0.15) is 11.3 Å². The standard InChI is InChI=1S/C14H16BrNO5/c1-20-14(17)10-7-13(11(15)8-12(10)16(18)19)21-9-5-3-2-4-6-9/h7-9H,2-6H2,1H3. The first-order chi connectivity index (χ1) is 10.0. The van der Waals surface area contributed by atoms with Gasteiger partial charge in [-0.15, -0.1) is 0 Å². The first-order valence-corrected chi connectivity index (χ1v) is 7.55. The SMILES string of the molecule is COC(=O)c1cc(OC2CCCCC2)c(Br)cc1[N+](=O)[O-]. The maximum Gasteiger partial charge on any atom is 0.345 e. The molecule has 0 N–H and O–H groups in total. The molecular weight excluding hydrogens is 342 g/mol. The summed E-state index contributed by atoms with van der Waals surface area (Å²) >= 11 is 3.27. The minimum absolute atomic E-state index is 0.0852. The largest absolute Gasteiger partial charge is 0.489 e. The van der Waals surface area contributed by atoms with E-state index in [1.807, 2.05) is 0 Å². The van der Waals surface area contributed by atoms with Gasteiger partial charge in [0.2, 0.25) is 0 Å². The highest BCUT2D eigenvalue weighted by Crippen LogP contribution is 2.35. The molecule has 1 saturated carbocycles. The second-order valence-corrected chi connectivity index (χ2v) is 5.78. The molecule has 0 atom stereocenters. The number of hydrogen-bond donors (Lipinski definition) is 0. The van der Waals surface area contributed by atoms with E-state index in [-0.39, 0.29) is 17.4 Å². The van der Waals surface area contributed by atoms with Crippen molar-refractivity contribution in [2.75, 3.05) is 7.11 Å². The van der Waals surface area contributed by atoms with Crippen LogP contribution in [0.15, 0.2) is 16.6 Å². The summed E-state index contributed by atoms with van der Waals surface area (Å²) in [6.07, 6.45) is 5.42. The molecule has 1 aliphatic carbocycles. The van der Waals surface area contributed by atoms with E-state index >= 15 is 0 Å². The van der Waals surface area contributed by atoms with E-state index in [2.05, 4.69) is 20.7 Å². The van der Waals surface area contributed by atoms with Crippen molar-refractivity contribution < 1.29 is 19.2 Å². The fourth-order valence-corrected chi connectivity index (χ4v) is 2.85. The highest BCUT2D eigenvalue weighted by Gasteiger charge is 2.25. The Morgan fingerprint density at radius 3 is 2.57 bits per heavy atom. The molecule has 0 unspecified atom stereocenters. The molecule has 1 aliphatic rings. The average molecular weight is 358 g/mol. The quantitative estimate of drug-likeness (QED) is 0.464. The van der Waals surface area contributed by atoms with Crippen LogP contribution in [0.25, 0.3) is 0 Å². The van der Waals surface area contributed by atoms with E-state index in [0.29, 0.717) is 10.2 Å². The second-order valence-electron chi connectivity index (χ2n) is 4.93. The molecule has 0 heterocycles. The van der Waals surface area contributed by atoms with Crippen LogP contribution >= 0.6 is 15.9 Å². The van der Waals surface area contributed by atoms with E-state index in [9.17, 15) is 14.9 Å². The van der Waals surface area contributed by atoms with Gasteiger partial charge in [0.15, 0.2) is 0 Å². The number of methoxy groups -OCH3 is 1. The lowest BCUT2D eigenvalue weighted by Crippen LogP contribution is -2.20. The molecule has 0 saturated heterocycles. The Bertz CT molecular complexity index is 555. The number of halogens is 1. The summed E-state index contributed by atoms with van der Waals surface area (Å²) in [4.78, 5) is 22.1. The van der Waals surface area contributed by atoms with Crippen molar-refractivity contribution >= 4 is 27.6 Å². The number of ether oxygens (including phenoxy) is 2. The van der Waals surface area contributed by atoms with Gasteiger partial charge in [-0.1, -0.05) is 6.42 Å². The summed E-state index contributed by atoms with van der Waals surface area (Å²) in [6.45, 7) is 0. The number of hydrogen-bond acceptors (Lipinski definition) is 5. The van der Waals surface area contributed by atoms with Gasteiger partial charge < -0.3 is 9.47 Å². The number of nitro benzene ring substituents is 1. The highest BCUT2D eigenvalue weighted by molar-refractivity contribution is 9.10. The van der Waals surface area contributed by atoms with E-state index in [1.165, 1.54) is 25.7 Å². The topological polar surface area (TPSA) is 78.7 Å². The predicted molar refractivity (Wildman–Crippen MR) is 79.6 cm³/mol. The van der Waals surface area contributed by atoms with Crippen molar-refractivity contribution in [3.8, 4) is 5.75 Å². The van der Waals surface area contributed by atoms with E-state index in [4.69, 9.17) is 4.74 Å². The van der Waals surface area contributed by atoms with Crippen LogP contribution < -0.4 is 4.74 Å². The highest BCUT2D eigenvalue weighted by atomic mass is 79.9. The van der Waals surface area contributed by atoms with Gasteiger partial charge in [-0.3, -0.25) is 10.1 Å². The maximum absolute atomic E-state index is 11.7. The van der Waals surface area contributed by atoms with Crippen LogP contribution in [0.4, 0.5) is 5.69 Å². The number of carbonyl (C=O) groups excluding carboxylic acids is 1. The van der Waals surface area contributed by atoms with Gasteiger partial charge in [0.05, 0.1) is 22.6 Å². The zero-order valence-corrected chi connectivity index (χ0v) is 13.2. The van der Waals surface area contributed by atoms with Crippen LogP contribution in [0.3, 0.4) is 0 Å². The maximum atomic E-state index is 11.7. The van der Waals surface area contributed by atoms with Gasteiger partial charge in [0.25, 0.3) is 5.69 Å². The Morgan fingerprint density at radius 2 is 2.00 bits per heavy atom. The van der Waals surface area contributed by atoms with Gasteiger partial charge in [0, 0.05) is 12.1 Å². The van der Waals surface area contributed by atoms with Crippen LogP contribution in [-0.2, 0) is 4.74 Å². The Hall–Kier alpha value is -1.63. The van der Waals surface area contributed by atoms with Crippen molar-refractivity contribution in [1.82, 2.24) is 0 Å². The lowest BCUT2D eigenvalue weighted by atomic mass is 9.98. The van der Waals surface area contributed by atoms with E-state index in [1.54, 1.807) is 0 Å². The number of rotatable bonds is 4. The predicted octanol–water partition coefficient (Wildman–Crippen LogP) is 3.86. The van der Waals surface area contributed by atoms with Crippen LogP contribution in [0, 0.1) is 10.1 Å². The number of esters is 1. The summed E-state index contributed by atoms with van der Waals surface area (Å²) < 4.78 is 10.9. The fourth-order valence-electron chi connectivity index (χ4n) is 2.42. The Labute approximate surface area is 130 Å². The first kappa shape index (κ1) is 15.8. The summed E-state index contributed by atoms with van der Waals surface area (Å²) in [6, 6.07) is 2.66. The summed E-state index contributed by atoms with van der Waals surface area (Å²) in [5.74, 6) is -0.310. The molecule has 21 heavy (non-hydrogen) atoms. The molecule has 7 heteroatoms. The molecule has 1 aromatic carbocycles. The molecule has 0 bridgehead atoms. The smallest absolute Gasteiger partial charge is 0.345 e. The zero-order valence-electron chi connectivity index (χ0n) is 11.6. The lowest BCUT2D eigenvalue weighted by Gasteiger charge is -2.23. The minimum atomic E-state index is -0.748. The monoisotopic (exact) mass is 357 g/mol. The third kappa shape index (κ3) is 3.72. The number of nitrogens with zero attached hydrogens (tertiary/aromatic N) is 1. The second kappa shape index (κ2) is 6.89. The molecule has 0 radical (unpaired) electrons. The fraction of sp³-hybridized carbons (Fsp3) is 0.500. The molecule has 0 aliphatic heterocycles. The van der Waals surface area contributed by atoms with Gasteiger partial charge in [-0.2, -0.15) is 0 Å². The summed E-state index contributed by atoms with van der Waals surface area (Å²) in [5.41, 5.74) is -0.402. The minimum Gasteiger partial charge on any atom is -0.489 e. The molecule has 6 nitrogen and oxygen atoms in total.